The maximum atomic E-state index is 10.8. The van der Waals surface area contributed by atoms with Gasteiger partial charge in [0.1, 0.15) is 11.3 Å². The molecule has 0 saturated carbocycles. The molecule has 1 aromatic carbocycles. The predicted octanol–water partition coefficient (Wildman–Crippen LogP) is 3.41. The van der Waals surface area contributed by atoms with Gasteiger partial charge in [-0.2, -0.15) is 5.26 Å². The van der Waals surface area contributed by atoms with E-state index in [2.05, 4.69) is 27.3 Å². The number of nitrogens with one attached hydrogen (secondary N) is 1. The normalized spacial score (nSPS) is 13.2. The molecule has 1 aromatic rings. The minimum atomic E-state index is -0.535. The number of nitrogens with zero attached hydrogens (tertiary/aromatic N) is 2. The average molecular weight is 356 g/mol. The van der Waals surface area contributed by atoms with E-state index in [0.717, 1.165) is 0 Å². The van der Waals surface area contributed by atoms with Crippen LogP contribution < -0.4 is 10.1 Å². The van der Waals surface area contributed by atoms with Crippen molar-refractivity contribution >= 4 is 21.6 Å². The van der Waals surface area contributed by atoms with Crippen LogP contribution in [-0.2, 0) is 0 Å². The first-order valence-corrected chi connectivity index (χ1v) is 7.43. The minimum Gasteiger partial charge on any atom is -0.493 e. The summed E-state index contributed by atoms with van der Waals surface area (Å²) in [6, 6.07) is 6.78. The monoisotopic (exact) mass is 355 g/mol. The third kappa shape index (κ3) is 4.99. The first-order valence-electron chi connectivity index (χ1n) is 6.64. The van der Waals surface area contributed by atoms with Crippen molar-refractivity contribution in [3.05, 3.63) is 32.8 Å². The molecule has 7 heteroatoms. The molecule has 0 fully saturated rings. The van der Waals surface area contributed by atoms with Gasteiger partial charge in [-0.1, -0.05) is 22.9 Å². The summed E-state index contributed by atoms with van der Waals surface area (Å²) < 4.78 is 6.13. The Morgan fingerprint density at radius 3 is 2.76 bits per heavy atom. The van der Waals surface area contributed by atoms with Gasteiger partial charge in [-0.3, -0.25) is 10.1 Å². The second-order valence-corrected chi connectivity index (χ2v) is 5.57. The number of nitro groups is 1. The van der Waals surface area contributed by atoms with Crippen LogP contribution in [-0.4, -0.2) is 24.1 Å². The van der Waals surface area contributed by atoms with Crippen LogP contribution in [0.5, 0.6) is 5.75 Å². The van der Waals surface area contributed by atoms with Crippen LogP contribution in [0.2, 0.25) is 0 Å². The molecule has 0 aromatic heterocycles. The molecule has 0 spiro atoms. The number of hydrogen-bond donors (Lipinski definition) is 1. The molecule has 21 heavy (non-hydrogen) atoms. The highest BCUT2D eigenvalue weighted by Gasteiger charge is 2.24. The lowest BCUT2D eigenvalue weighted by molar-refractivity contribution is -0.385. The number of nitro benzene ring substituents is 1. The average Bonchev–Trinajstić information content (AvgIpc) is 2.47. The third-order valence-electron chi connectivity index (χ3n) is 3.38. The van der Waals surface area contributed by atoms with Crippen molar-refractivity contribution in [1.29, 1.82) is 5.26 Å². The van der Waals surface area contributed by atoms with E-state index in [1.807, 2.05) is 6.92 Å². The Labute approximate surface area is 132 Å². The molecule has 0 aliphatic heterocycles. The molecule has 1 atom stereocenters. The van der Waals surface area contributed by atoms with Gasteiger partial charge in [-0.05, 0) is 32.4 Å². The highest BCUT2D eigenvalue weighted by molar-refractivity contribution is 9.10. The minimum absolute atomic E-state index is 0.0190. The van der Waals surface area contributed by atoms with Crippen molar-refractivity contribution in [2.75, 3.05) is 13.7 Å². The van der Waals surface area contributed by atoms with Crippen LogP contribution in [0.1, 0.15) is 26.2 Å². The summed E-state index contributed by atoms with van der Waals surface area (Å²) in [7, 11) is 1.77. The molecule has 0 heterocycles. The van der Waals surface area contributed by atoms with Crippen molar-refractivity contribution in [3.8, 4) is 11.8 Å². The predicted molar refractivity (Wildman–Crippen MR) is 83.2 cm³/mol. The van der Waals surface area contributed by atoms with Crippen molar-refractivity contribution < 1.29 is 9.66 Å². The summed E-state index contributed by atoms with van der Waals surface area (Å²) in [5.41, 5.74) is -0.554. The molecular weight excluding hydrogens is 338 g/mol. The number of hydrogen-bond acceptors (Lipinski definition) is 5. The van der Waals surface area contributed by atoms with E-state index in [1.54, 1.807) is 13.1 Å². The maximum absolute atomic E-state index is 10.8. The fourth-order valence-corrected chi connectivity index (χ4v) is 2.43. The molecule has 0 radical (unpaired) electrons. The number of benzene rings is 1. The van der Waals surface area contributed by atoms with E-state index in [9.17, 15) is 15.4 Å². The number of ether oxygens (including phenoxy) is 1. The Morgan fingerprint density at radius 1 is 1.52 bits per heavy atom. The van der Waals surface area contributed by atoms with E-state index >= 15 is 0 Å². The van der Waals surface area contributed by atoms with Crippen LogP contribution in [0.15, 0.2) is 22.7 Å². The molecule has 0 amide bonds. The lowest BCUT2D eigenvalue weighted by atomic mass is 9.92. The maximum Gasteiger partial charge on any atom is 0.274 e. The zero-order valence-corrected chi connectivity index (χ0v) is 13.6. The fourth-order valence-electron chi connectivity index (χ4n) is 1.97. The second-order valence-electron chi connectivity index (χ2n) is 4.65. The highest BCUT2D eigenvalue weighted by atomic mass is 79.9. The Morgan fingerprint density at radius 2 is 2.24 bits per heavy atom. The van der Waals surface area contributed by atoms with Crippen LogP contribution >= 0.6 is 15.9 Å². The first-order chi connectivity index (χ1) is 9.96. The van der Waals surface area contributed by atoms with Gasteiger partial charge in [-0.25, -0.2) is 0 Å². The van der Waals surface area contributed by atoms with Crippen LogP contribution in [0.4, 0.5) is 5.69 Å². The Kier molecular flexibility index (Phi) is 6.59. The Hall–Kier alpha value is -1.65. The summed E-state index contributed by atoms with van der Waals surface area (Å²) >= 11 is 3.22. The van der Waals surface area contributed by atoms with Gasteiger partial charge >= 0.3 is 0 Å². The lowest BCUT2D eigenvalue weighted by Gasteiger charge is -2.24. The topological polar surface area (TPSA) is 88.2 Å². The van der Waals surface area contributed by atoms with Gasteiger partial charge in [0.25, 0.3) is 5.69 Å². The largest absolute Gasteiger partial charge is 0.493 e. The van der Waals surface area contributed by atoms with Crippen molar-refractivity contribution in [2.45, 2.75) is 31.7 Å². The molecule has 6 nitrogen and oxygen atoms in total. The standard InChI is InChI=1S/C14H18BrN3O3/c1-3-14(10-16,17-2)5-4-6-21-13-8-11(15)7-12(9-13)18(19)20/h7-9,17H,3-6H2,1-2H3. The van der Waals surface area contributed by atoms with E-state index < -0.39 is 10.5 Å². The zero-order valence-electron chi connectivity index (χ0n) is 12.1. The number of nitriles is 1. The third-order valence-corrected chi connectivity index (χ3v) is 3.84. The Balaban J connectivity index is 2.57. The molecule has 0 saturated heterocycles. The van der Waals surface area contributed by atoms with Gasteiger partial charge in [-0.15, -0.1) is 0 Å². The fraction of sp³-hybridized carbons (Fsp3) is 0.500. The zero-order chi connectivity index (χ0) is 15.9. The molecule has 1 rings (SSSR count). The van der Waals surface area contributed by atoms with Crippen molar-refractivity contribution in [1.82, 2.24) is 5.32 Å². The van der Waals surface area contributed by atoms with Crippen LogP contribution in [0.25, 0.3) is 0 Å². The molecular formula is C14H18BrN3O3. The SMILES string of the molecule is CCC(C#N)(CCCOc1cc(Br)cc([N+](=O)[O-])c1)NC. The van der Waals surface area contributed by atoms with E-state index in [0.29, 0.717) is 36.1 Å². The molecule has 1 unspecified atom stereocenters. The van der Waals surface area contributed by atoms with Gasteiger partial charge in [0.15, 0.2) is 0 Å². The lowest BCUT2D eigenvalue weighted by Crippen LogP contribution is -2.41. The van der Waals surface area contributed by atoms with Gasteiger partial charge < -0.3 is 10.1 Å². The molecule has 0 aliphatic rings. The molecule has 0 aliphatic carbocycles. The Bertz CT molecular complexity index is 539. The summed E-state index contributed by atoms with van der Waals surface area (Å²) in [4.78, 5) is 10.3. The quantitative estimate of drug-likeness (QED) is 0.438. The summed E-state index contributed by atoms with van der Waals surface area (Å²) in [5, 5.41) is 23.0. The van der Waals surface area contributed by atoms with Gasteiger partial charge in [0.2, 0.25) is 0 Å². The number of rotatable bonds is 8. The van der Waals surface area contributed by atoms with E-state index in [1.165, 1.54) is 12.1 Å². The number of halogens is 1. The highest BCUT2D eigenvalue weighted by Crippen LogP contribution is 2.26. The van der Waals surface area contributed by atoms with Crippen LogP contribution in [0.3, 0.4) is 0 Å². The second kappa shape index (κ2) is 7.96. The van der Waals surface area contributed by atoms with Gasteiger partial charge in [0.05, 0.1) is 23.7 Å². The molecule has 114 valence electrons. The number of non-ortho nitro benzene ring substituents is 1. The molecule has 1 N–H and O–H groups in total. The summed E-state index contributed by atoms with van der Waals surface area (Å²) in [6.45, 7) is 2.36. The smallest absolute Gasteiger partial charge is 0.274 e. The van der Waals surface area contributed by atoms with Gasteiger partial charge in [0, 0.05) is 10.5 Å². The van der Waals surface area contributed by atoms with E-state index in [-0.39, 0.29) is 5.69 Å². The van der Waals surface area contributed by atoms with Crippen molar-refractivity contribution in [2.24, 2.45) is 0 Å². The van der Waals surface area contributed by atoms with Crippen molar-refractivity contribution in [3.63, 3.8) is 0 Å². The van der Waals surface area contributed by atoms with Crippen LogP contribution in [0, 0.1) is 21.4 Å². The summed E-state index contributed by atoms with van der Waals surface area (Å²) in [6.07, 6.45) is 2.05. The first kappa shape index (κ1) is 17.4. The molecule has 0 bridgehead atoms. The van der Waals surface area contributed by atoms with E-state index in [4.69, 9.17) is 4.74 Å². The summed E-state index contributed by atoms with van der Waals surface area (Å²) in [5.74, 6) is 0.444.